The molecular formula is C15H20O4S. The molecule has 1 fully saturated rings. The Kier molecular flexibility index (Phi) is 4.73. The number of hydrogen-bond acceptors (Lipinski definition) is 5. The summed E-state index contributed by atoms with van der Waals surface area (Å²) in [7, 11) is 1.41. The first-order valence-corrected chi connectivity index (χ1v) is 7.78. The van der Waals surface area contributed by atoms with Gasteiger partial charge in [0.2, 0.25) is 0 Å². The van der Waals surface area contributed by atoms with Crippen LogP contribution in [0.4, 0.5) is 0 Å². The van der Waals surface area contributed by atoms with Crippen molar-refractivity contribution >= 4 is 17.7 Å². The number of benzene rings is 1. The van der Waals surface area contributed by atoms with Crippen molar-refractivity contribution in [2.75, 3.05) is 20.0 Å². The maximum absolute atomic E-state index is 11.7. The van der Waals surface area contributed by atoms with Crippen molar-refractivity contribution in [3.63, 3.8) is 0 Å². The highest BCUT2D eigenvalue weighted by Crippen LogP contribution is 2.34. The zero-order valence-corrected chi connectivity index (χ0v) is 13.0. The van der Waals surface area contributed by atoms with E-state index >= 15 is 0 Å². The molecule has 0 radical (unpaired) electrons. The summed E-state index contributed by atoms with van der Waals surface area (Å²) in [6.45, 7) is 4.36. The molecule has 1 aromatic rings. The number of thioether (sulfide) groups is 1. The number of ether oxygens (including phenoxy) is 3. The molecule has 5 heteroatoms. The van der Waals surface area contributed by atoms with Crippen molar-refractivity contribution in [1.29, 1.82) is 0 Å². The van der Waals surface area contributed by atoms with Crippen LogP contribution in [0.15, 0.2) is 24.3 Å². The lowest BCUT2D eigenvalue weighted by molar-refractivity contribution is -0.140. The van der Waals surface area contributed by atoms with E-state index in [9.17, 15) is 4.79 Å². The summed E-state index contributed by atoms with van der Waals surface area (Å²) in [6, 6.07) is 7.86. The smallest absolute Gasteiger partial charge is 0.323 e. The fourth-order valence-electron chi connectivity index (χ4n) is 2.21. The van der Waals surface area contributed by atoms with Gasteiger partial charge in [-0.1, -0.05) is 24.3 Å². The van der Waals surface area contributed by atoms with E-state index in [0.717, 1.165) is 11.1 Å². The van der Waals surface area contributed by atoms with Crippen molar-refractivity contribution in [1.82, 2.24) is 0 Å². The van der Waals surface area contributed by atoms with Crippen LogP contribution in [0.2, 0.25) is 0 Å². The van der Waals surface area contributed by atoms with Gasteiger partial charge in [0.15, 0.2) is 5.79 Å². The maximum atomic E-state index is 11.7. The molecule has 0 N–H and O–H groups in total. The zero-order chi connectivity index (χ0) is 14.8. The van der Waals surface area contributed by atoms with Crippen LogP contribution in [0.3, 0.4) is 0 Å². The third-order valence-corrected chi connectivity index (χ3v) is 4.21. The SMILES string of the molecule is COC(=O)C(SC)c1ccc(C2COC(C)(C)O2)cc1. The summed E-state index contributed by atoms with van der Waals surface area (Å²) in [5, 5.41) is -0.286. The van der Waals surface area contributed by atoms with Crippen LogP contribution in [0.5, 0.6) is 0 Å². The van der Waals surface area contributed by atoms with Crippen LogP contribution >= 0.6 is 11.8 Å². The van der Waals surface area contributed by atoms with Crippen molar-refractivity contribution in [2.24, 2.45) is 0 Å². The average Bonchev–Trinajstić information content (AvgIpc) is 2.80. The van der Waals surface area contributed by atoms with E-state index in [1.165, 1.54) is 18.9 Å². The van der Waals surface area contributed by atoms with E-state index in [0.29, 0.717) is 6.61 Å². The van der Waals surface area contributed by atoms with Gasteiger partial charge in [-0.25, -0.2) is 0 Å². The number of methoxy groups -OCH3 is 1. The Balaban J connectivity index is 2.12. The molecule has 4 nitrogen and oxygen atoms in total. The predicted octanol–water partition coefficient (Wildman–Crippen LogP) is 3.09. The Labute approximate surface area is 123 Å². The number of hydrogen-bond donors (Lipinski definition) is 0. The zero-order valence-electron chi connectivity index (χ0n) is 12.2. The highest BCUT2D eigenvalue weighted by Gasteiger charge is 2.33. The largest absolute Gasteiger partial charge is 0.468 e. The van der Waals surface area contributed by atoms with Gasteiger partial charge in [0, 0.05) is 0 Å². The summed E-state index contributed by atoms with van der Waals surface area (Å²) in [5.74, 6) is -0.760. The van der Waals surface area contributed by atoms with Gasteiger partial charge in [-0.15, -0.1) is 11.8 Å². The number of carbonyl (C=O) groups excluding carboxylic acids is 1. The van der Waals surface area contributed by atoms with E-state index in [4.69, 9.17) is 14.2 Å². The van der Waals surface area contributed by atoms with Gasteiger partial charge < -0.3 is 14.2 Å². The van der Waals surface area contributed by atoms with E-state index in [2.05, 4.69) is 0 Å². The molecule has 2 unspecified atom stereocenters. The fourth-order valence-corrected chi connectivity index (χ4v) is 2.93. The molecule has 2 atom stereocenters. The number of esters is 1. The normalized spacial score (nSPS) is 22.5. The predicted molar refractivity (Wildman–Crippen MR) is 78.6 cm³/mol. The van der Waals surface area contributed by atoms with Crippen LogP contribution in [0, 0.1) is 0 Å². The molecule has 0 saturated carbocycles. The molecule has 0 bridgehead atoms. The van der Waals surface area contributed by atoms with Crippen molar-refractivity contribution in [3.8, 4) is 0 Å². The Bertz CT molecular complexity index is 469. The van der Waals surface area contributed by atoms with Crippen LogP contribution in [-0.2, 0) is 19.0 Å². The molecule has 1 aromatic carbocycles. The van der Waals surface area contributed by atoms with E-state index < -0.39 is 5.79 Å². The summed E-state index contributed by atoms with van der Waals surface area (Å²) < 4.78 is 16.2. The molecule has 0 aliphatic carbocycles. The average molecular weight is 296 g/mol. The fraction of sp³-hybridized carbons (Fsp3) is 0.533. The van der Waals surface area contributed by atoms with Gasteiger partial charge in [0.1, 0.15) is 11.4 Å². The quantitative estimate of drug-likeness (QED) is 0.799. The molecule has 1 saturated heterocycles. The first-order valence-electron chi connectivity index (χ1n) is 6.49. The van der Waals surface area contributed by atoms with Crippen LogP contribution < -0.4 is 0 Å². The Morgan fingerprint density at radius 1 is 1.40 bits per heavy atom. The molecule has 0 spiro atoms. The number of carbonyl (C=O) groups is 1. The van der Waals surface area contributed by atoms with Gasteiger partial charge in [-0.05, 0) is 31.2 Å². The van der Waals surface area contributed by atoms with Crippen LogP contribution in [0.25, 0.3) is 0 Å². The molecule has 1 aliphatic heterocycles. The first kappa shape index (κ1) is 15.4. The summed E-state index contributed by atoms with van der Waals surface area (Å²) in [4.78, 5) is 11.7. The highest BCUT2D eigenvalue weighted by molar-refractivity contribution is 7.99. The lowest BCUT2D eigenvalue weighted by atomic mass is 10.1. The van der Waals surface area contributed by atoms with Crippen molar-refractivity contribution < 1.29 is 19.0 Å². The standard InChI is InChI=1S/C15H20O4S/c1-15(2)18-9-12(19-15)10-5-7-11(8-6-10)13(20-4)14(16)17-3/h5-8,12-13H,9H2,1-4H3. The molecule has 1 heterocycles. The van der Waals surface area contributed by atoms with Crippen molar-refractivity contribution in [3.05, 3.63) is 35.4 Å². The second-order valence-corrected chi connectivity index (χ2v) is 6.07. The third-order valence-electron chi connectivity index (χ3n) is 3.27. The number of rotatable bonds is 4. The van der Waals surface area contributed by atoms with E-state index in [1.54, 1.807) is 0 Å². The Morgan fingerprint density at radius 2 is 2.05 bits per heavy atom. The summed E-state index contributed by atoms with van der Waals surface area (Å²) >= 11 is 1.46. The lowest BCUT2D eigenvalue weighted by Gasteiger charge is -2.18. The van der Waals surface area contributed by atoms with Gasteiger partial charge in [-0.2, -0.15) is 0 Å². The van der Waals surface area contributed by atoms with Gasteiger partial charge in [0.25, 0.3) is 0 Å². The molecule has 2 rings (SSSR count). The summed E-state index contributed by atoms with van der Waals surface area (Å²) in [6.07, 6.45) is 1.84. The topological polar surface area (TPSA) is 44.8 Å². The van der Waals surface area contributed by atoms with Crippen LogP contribution in [0.1, 0.15) is 36.3 Å². The molecule has 0 aromatic heterocycles. The molecule has 110 valence electrons. The second kappa shape index (κ2) is 6.16. The highest BCUT2D eigenvalue weighted by atomic mass is 32.2. The second-order valence-electron chi connectivity index (χ2n) is 5.12. The molecule has 1 aliphatic rings. The van der Waals surface area contributed by atoms with Gasteiger partial charge in [0.05, 0.1) is 13.7 Å². The van der Waals surface area contributed by atoms with E-state index in [-0.39, 0.29) is 17.3 Å². The first-order chi connectivity index (χ1) is 9.46. The minimum absolute atomic E-state index is 0.0510. The molecular weight excluding hydrogens is 276 g/mol. The monoisotopic (exact) mass is 296 g/mol. The third kappa shape index (κ3) is 3.34. The molecule has 0 amide bonds. The Hall–Kier alpha value is -1.04. The minimum Gasteiger partial charge on any atom is -0.468 e. The van der Waals surface area contributed by atoms with Crippen molar-refractivity contribution in [2.45, 2.75) is 31.0 Å². The Morgan fingerprint density at radius 3 is 2.50 bits per heavy atom. The lowest BCUT2D eigenvalue weighted by Crippen LogP contribution is -2.19. The maximum Gasteiger partial charge on any atom is 0.323 e. The summed E-state index contributed by atoms with van der Waals surface area (Å²) in [5.41, 5.74) is 2.00. The van der Waals surface area contributed by atoms with Gasteiger partial charge in [-0.3, -0.25) is 4.79 Å². The minimum atomic E-state index is -0.531. The van der Waals surface area contributed by atoms with Crippen LogP contribution in [-0.4, -0.2) is 31.7 Å². The molecule has 20 heavy (non-hydrogen) atoms. The van der Waals surface area contributed by atoms with Gasteiger partial charge >= 0.3 is 5.97 Å². The van der Waals surface area contributed by atoms with E-state index in [1.807, 2.05) is 44.4 Å².